The minimum absolute atomic E-state index is 0.00880. The number of nitrogens with zero attached hydrogens (tertiary/aromatic N) is 2. The van der Waals surface area contributed by atoms with Gasteiger partial charge in [-0.05, 0) is 57.0 Å². The predicted octanol–water partition coefficient (Wildman–Crippen LogP) is 2.04. The van der Waals surface area contributed by atoms with Crippen LogP contribution in [0.1, 0.15) is 30.1 Å². The van der Waals surface area contributed by atoms with Crippen molar-refractivity contribution in [1.82, 2.24) is 15.2 Å². The lowest BCUT2D eigenvalue weighted by Crippen LogP contribution is -2.62. The molecule has 5 nitrogen and oxygen atoms in total. The fourth-order valence-corrected chi connectivity index (χ4v) is 3.78. The molecule has 3 fully saturated rings. The topological polar surface area (TPSA) is 58.4 Å². The van der Waals surface area contributed by atoms with Crippen molar-refractivity contribution in [1.29, 1.82) is 0 Å². The molecule has 3 aliphatic rings. The van der Waals surface area contributed by atoms with Gasteiger partial charge in [-0.1, -0.05) is 0 Å². The second kappa shape index (κ2) is 4.84. The highest BCUT2D eigenvalue weighted by Gasteiger charge is 2.40. The second-order valence-electron chi connectivity index (χ2n) is 6.15. The maximum Gasteiger partial charge on any atom is 0.251 e. The van der Waals surface area contributed by atoms with E-state index in [-0.39, 0.29) is 11.9 Å². The van der Waals surface area contributed by atoms with Gasteiger partial charge in [-0.15, -0.1) is 0 Å². The van der Waals surface area contributed by atoms with Crippen LogP contribution in [0, 0.1) is 5.92 Å². The van der Waals surface area contributed by atoms with Gasteiger partial charge < -0.3 is 9.73 Å². The Balaban J connectivity index is 1.54. The molecule has 3 aliphatic heterocycles. The van der Waals surface area contributed by atoms with E-state index in [1.54, 1.807) is 18.2 Å². The minimum Gasteiger partial charge on any atom is -0.443 e. The van der Waals surface area contributed by atoms with Gasteiger partial charge in [0, 0.05) is 17.6 Å². The number of aromatic nitrogens is 1. The molecule has 1 aromatic carbocycles. The van der Waals surface area contributed by atoms with Crippen molar-refractivity contribution >= 4 is 17.0 Å². The number of hydrogen-bond acceptors (Lipinski definition) is 4. The number of piperidine rings is 3. The highest BCUT2D eigenvalue weighted by atomic mass is 16.3. The number of hydrogen-bond donors (Lipinski definition) is 1. The fraction of sp³-hybridized carbons (Fsp3) is 0.500. The van der Waals surface area contributed by atoms with Crippen LogP contribution >= 0.6 is 0 Å². The van der Waals surface area contributed by atoms with Gasteiger partial charge in [0.25, 0.3) is 5.91 Å². The largest absolute Gasteiger partial charge is 0.443 e. The summed E-state index contributed by atoms with van der Waals surface area (Å²) in [7, 11) is 0. The Morgan fingerprint density at radius 2 is 2.19 bits per heavy atom. The van der Waals surface area contributed by atoms with Crippen LogP contribution in [0.5, 0.6) is 0 Å². The summed E-state index contributed by atoms with van der Waals surface area (Å²) in [6, 6.07) is 6.08. The first-order valence-corrected chi connectivity index (χ1v) is 7.60. The van der Waals surface area contributed by atoms with Gasteiger partial charge in [-0.25, -0.2) is 4.98 Å². The molecule has 21 heavy (non-hydrogen) atoms. The number of benzene rings is 1. The number of carbonyl (C=O) groups is 1. The third-order valence-electron chi connectivity index (χ3n) is 5.07. The van der Waals surface area contributed by atoms with E-state index in [0.29, 0.717) is 23.1 Å². The van der Waals surface area contributed by atoms with E-state index in [1.807, 2.05) is 0 Å². The Hall–Kier alpha value is -1.88. The Labute approximate surface area is 123 Å². The van der Waals surface area contributed by atoms with E-state index in [2.05, 4.69) is 22.1 Å². The lowest BCUT2D eigenvalue weighted by atomic mass is 9.79. The van der Waals surface area contributed by atoms with Crippen LogP contribution < -0.4 is 5.32 Å². The average Bonchev–Trinajstić information content (AvgIpc) is 2.98. The molecule has 3 saturated heterocycles. The van der Waals surface area contributed by atoms with Crippen LogP contribution in [-0.2, 0) is 0 Å². The summed E-state index contributed by atoms with van der Waals surface area (Å²) in [5.74, 6) is 0.607. The number of fused-ring (bicyclic) bond motifs is 4. The Kier molecular flexibility index (Phi) is 2.96. The smallest absolute Gasteiger partial charge is 0.251 e. The monoisotopic (exact) mass is 285 g/mol. The maximum absolute atomic E-state index is 12.5. The number of rotatable bonds is 2. The zero-order valence-electron chi connectivity index (χ0n) is 12.1. The molecule has 0 spiro atoms. The van der Waals surface area contributed by atoms with Crippen LogP contribution in [0.3, 0.4) is 0 Å². The number of oxazole rings is 1. The normalized spacial score (nSPS) is 31.5. The molecule has 2 unspecified atom stereocenters. The Morgan fingerprint density at radius 3 is 2.95 bits per heavy atom. The molecule has 110 valence electrons. The third-order valence-corrected chi connectivity index (χ3v) is 5.07. The first kappa shape index (κ1) is 12.8. The van der Waals surface area contributed by atoms with Gasteiger partial charge >= 0.3 is 0 Å². The Morgan fingerprint density at radius 1 is 1.38 bits per heavy atom. The van der Waals surface area contributed by atoms with Crippen molar-refractivity contribution in [2.75, 3.05) is 13.1 Å². The Bertz CT molecular complexity index is 671. The molecular weight excluding hydrogens is 266 g/mol. The van der Waals surface area contributed by atoms with Crippen molar-refractivity contribution in [3.63, 3.8) is 0 Å². The zero-order valence-corrected chi connectivity index (χ0v) is 12.1. The van der Waals surface area contributed by atoms with E-state index in [9.17, 15) is 4.79 Å². The molecule has 2 atom stereocenters. The van der Waals surface area contributed by atoms with Crippen LogP contribution in [0.15, 0.2) is 29.0 Å². The summed E-state index contributed by atoms with van der Waals surface area (Å²) in [4.78, 5) is 19.1. The lowest BCUT2D eigenvalue weighted by Gasteiger charge is -2.49. The molecule has 1 N–H and O–H groups in total. The molecule has 5 rings (SSSR count). The van der Waals surface area contributed by atoms with Gasteiger partial charge in [0.05, 0.1) is 0 Å². The van der Waals surface area contributed by atoms with Crippen LogP contribution in [0.25, 0.3) is 11.1 Å². The van der Waals surface area contributed by atoms with Gasteiger partial charge in [0.15, 0.2) is 12.0 Å². The summed E-state index contributed by atoms with van der Waals surface area (Å²) in [5.41, 5.74) is 2.09. The zero-order chi connectivity index (χ0) is 14.4. The summed E-state index contributed by atoms with van der Waals surface area (Å²) >= 11 is 0. The molecule has 2 bridgehead atoms. The second-order valence-corrected chi connectivity index (χ2v) is 6.15. The number of carbonyl (C=O) groups excluding carboxylic acids is 1. The maximum atomic E-state index is 12.5. The SMILES string of the molecule is CC1C(NC(=O)c2ccc3ocnc3c2)C2CCN1CC2. The number of amides is 1. The number of nitrogens with one attached hydrogen (secondary N) is 1. The van der Waals surface area contributed by atoms with Crippen molar-refractivity contribution < 1.29 is 9.21 Å². The predicted molar refractivity (Wildman–Crippen MR) is 79.0 cm³/mol. The lowest BCUT2D eigenvalue weighted by molar-refractivity contribution is 0.0217. The molecule has 2 aromatic rings. The summed E-state index contributed by atoms with van der Waals surface area (Å²) < 4.78 is 5.21. The van der Waals surface area contributed by atoms with Crippen LogP contribution in [0.2, 0.25) is 0 Å². The van der Waals surface area contributed by atoms with Crippen molar-refractivity contribution in [3.8, 4) is 0 Å². The molecule has 1 amide bonds. The van der Waals surface area contributed by atoms with E-state index in [0.717, 1.165) is 5.52 Å². The highest BCUT2D eigenvalue weighted by molar-refractivity contribution is 5.97. The van der Waals surface area contributed by atoms with Crippen molar-refractivity contribution in [2.24, 2.45) is 5.92 Å². The highest BCUT2D eigenvalue weighted by Crippen LogP contribution is 2.32. The first-order valence-electron chi connectivity index (χ1n) is 7.60. The molecule has 5 heteroatoms. The molecule has 0 radical (unpaired) electrons. The van der Waals surface area contributed by atoms with E-state index >= 15 is 0 Å². The molecule has 4 heterocycles. The first-order chi connectivity index (χ1) is 10.2. The van der Waals surface area contributed by atoms with Gasteiger partial charge in [-0.3, -0.25) is 9.69 Å². The van der Waals surface area contributed by atoms with Gasteiger partial charge in [0.2, 0.25) is 0 Å². The van der Waals surface area contributed by atoms with E-state index in [1.165, 1.54) is 32.3 Å². The van der Waals surface area contributed by atoms with E-state index in [4.69, 9.17) is 4.42 Å². The minimum atomic E-state index is -0.00880. The van der Waals surface area contributed by atoms with Crippen LogP contribution in [-0.4, -0.2) is 41.0 Å². The van der Waals surface area contributed by atoms with Gasteiger partial charge in [-0.2, -0.15) is 0 Å². The van der Waals surface area contributed by atoms with Crippen LogP contribution in [0.4, 0.5) is 0 Å². The average molecular weight is 285 g/mol. The van der Waals surface area contributed by atoms with Crippen molar-refractivity contribution in [2.45, 2.75) is 31.8 Å². The standard InChI is InChI=1S/C16H19N3O2/c1-10-15(11-4-6-19(10)7-5-11)18-16(20)12-2-3-14-13(8-12)17-9-21-14/h2-3,8-11,15H,4-7H2,1H3,(H,18,20). The van der Waals surface area contributed by atoms with Gasteiger partial charge in [0.1, 0.15) is 5.52 Å². The van der Waals surface area contributed by atoms with E-state index < -0.39 is 0 Å². The molecule has 1 aromatic heterocycles. The molecular formula is C16H19N3O2. The summed E-state index contributed by atoms with van der Waals surface area (Å²) in [6.07, 6.45) is 3.79. The summed E-state index contributed by atoms with van der Waals surface area (Å²) in [6.45, 7) is 4.56. The fourth-order valence-electron chi connectivity index (χ4n) is 3.78. The molecule has 0 saturated carbocycles. The summed E-state index contributed by atoms with van der Waals surface area (Å²) in [5, 5.41) is 3.23. The van der Waals surface area contributed by atoms with Crippen molar-refractivity contribution in [3.05, 3.63) is 30.2 Å². The molecule has 0 aliphatic carbocycles. The quantitative estimate of drug-likeness (QED) is 0.917. The third kappa shape index (κ3) is 2.12.